The van der Waals surface area contributed by atoms with Crippen LogP contribution >= 0.6 is 0 Å². The van der Waals surface area contributed by atoms with Crippen molar-refractivity contribution in [1.29, 1.82) is 0 Å². The first-order valence-corrected chi connectivity index (χ1v) is 8.08. The molecule has 0 unspecified atom stereocenters. The molecule has 2 heterocycles. The number of aromatic carboxylic acids is 1. The molecule has 2 aromatic heterocycles. The second-order valence-corrected chi connectivity index (χ2v) is 4.89. The van der Waals surface area contributed by atoms with Gasteiger partial charge in [-0.25, -0.2) is 19.7 Å². The number of ether oxygens (including phenoxy) is 1. The standard InChI is InChI=1S/C17H14N4O3.C2H6/c1-24-14-5-2-11(3-6-14)12-8-19-17(20-9-12)21-13-4-7-15(16(22)23)18-10-13;1-2/h2-10H,1H3,(H,22,23)(H,19,20,21);1-2H3. The lowest BCUT2D eigenvalue weighted by Crippen LogP contribution is -2.01. The first kappa shape index (κ1) is 18.9. The number of nitrogens with zero attached hydrogens (tertiary/aromatic N) is 3. The molecule has 7 heteroatoms. The van der Waals surface area contributed by atoms with Gasteiger partial charge in [0.15, 0.2) is 0 Å². The van der Waals surface area contributed by atoms with Crippen LogP contribution < -0.4 is 10.1 Å². The highest BCUT2D eigenvalue weighted by Crippen LogP contribution is 2.22. The van der Waals surface area contributed by atoms with E-state index in [1.165, 1.54) is 12.3 Å². The largest absolute Gasteiger partial charge is 0.497 e. The number of carboxylic acids is 1. The van der Waals surface area contributed by atoms with Crippen molar-refractivity contribution < 1.29 is 14.6 Å². The van der Waals surface area contributed by atoms with Crippen molar-refractivity contribution in [3.63, 3.8) is 0 Å². The van der Waals surface area contributed by atoms with Crippen molar-refractivity contribution in [1.82, 2.24) is 15.0 Å². The molecule has 134 valence electrons. The van der Waals surface area contributed by atoms with Crippen LogP contribution in [0.5, 0.6) is 5.75 Å². The first-order valence-electron chi connectivity index (χ1n) is 8.08. The third kappa shape index (κ3) is 4.76. The van der Waals surface area contributed by atoms with E-state index in [2.05, 4.69) is 20.3 Å². The van der Waals surface area contributed by atoms with Crippen LogP contribution in [0.2, 0.25) is 0 Å². The maximum Gasteiger partial charge on any atom is 0.354 e. The SMILES string of the molecule is CC.COc1ccc(-c2cnc(Nc3ccc(C(=O)O)nc3)nc2)cc1. The van der Waals surface area contributed by atoms with Crippen molar-refractivity contribution in [2.45, 2.75) is 13.8 Å². The maximum absolute atomic E-state index is 10.8. The molecule has 0 fully saturated rings. The van der Waals surface area contributed by atoms with Crippen molar-refractivity contribution in [2.75, 3.05) is 12.4 Å². The van der Waals surface area contributed by atoms with Gasteiger partial charge in [-0.3, -0.25) is 0 Å². The van der Waals surface area contributed by atoms with Crippen molar-refractivity contribution in [3.05, 3.63) is 60.7 Å². The minimum Gasteiger partial charge on any atom is -0.497 e. The molecular weight excluding hydrogens is 332 g/mol. The Balaban J connectivity index is 0.00000117. The predicted octanol–water partition coefficient (Wildman–Crippen LogP) is 4.02. The minimum atomic E-state index is -1.07. The molecule has 2 N–H and O–H groups in total. The molecule has 0 spiro atoms. The topological polar surface area (TPSA) is 97.2 Å². The number of rotatable bonds is 5. The average Bonchev–Trinajstić information content (AvgIpc) is 2.71. The summed E-state index contributed by atoms with van der Waals surface area (Å²) in [4.78, 5) is 23.1. The molecule has 3 rings (SSSR count). The van der Waals surface area contributed by atoms with E-state index >= 15 is 0 Å². The molecule has 0 aliphatic carbocycles. The monoisotopic (exact) mass is 352 g/mol. The summed E-state index contributed by atoms with van der Waals surface area (Å²) >= 11 is 0. The van der Waals surface area contributed by atoms with Gasteiger partial charge in [0, 0.05) is 18.0 Å². The zero-order valence-corrected chi connectivity index (χ0v) is 14.8. The minimum absolute atomic E-state index is 0.0173. The molecule has 26 heavy (non-hydrogen) atoms. The number of methoxy groups -OCH3 is 1. The number of carbonyl (C=O) groups is 1. The number of nitrogens with one attached hydrogen (secondary N) is 1. The summed E-state index contributed by atoms with van der Waals surface area (Å²) in [6.07, 6.45) is 4.83. The summed E-state index contributed by atoms with van der Waals surface area (Å²) in [5.41, 5.74) is 2.45. The average molecular weight is 352 g/mol. The lowest BCUT2D eigenvalue weighted by molar-refractivity contribution is 0.0690. The number of pyridine rings is 1. The van der Waals surface area contributed by atoms with Gasteiger partial charge in [-0.1, -0.05) is 26.0 Å². The second kappa shape index (κ2) is 9.12. The zero-order valence-electron chi connectivity index (χ0n) is 14.8. The Morgan fingerprint density at radius 3 is 2.08 bits per heavy atom. The van der Waals surface area contributed by atoms with E-state index in [9.17, 15) is 4.79 Å². The Morgan fingerprint density at radius 2 is 1.58 bits per heavy atom. The fourth-order valence-corrected chi connectivity index (χ4v) is 2.05. The van der Waals surface area contributed by atoms with Gasteiger partial charge < -0.3 is 15.2 Å². The molecule has 0 saturated carbocycles. The van der Waals surface area contributed by atoms with Crippen LogP contribution in [-0.4, -0.2) is 33.1 Å². The number of hydrogen-bond donors (Lipinski definition) is 2. The molecule has 3 aromatic rings. The summed E-state index contributed by atoms with van der Waals surface area (Å²) < 4.78 is 5.13. The Labute approximate surface area is 151 Å². The van der Waals surface area contributed by atoms with Crippen molar-refractivity contribution in [3.8, 4) is 16.9 Å². The Morgan fingerprint density at radius 1 is 0.923 bits per heavy atom. The fraction of sp³-hybridized carbons (Fsp3) is 0.158. The van der Waals surface area contributed by atoms with Gasteiger partial charge in [0.25, 0.3) is 0 Å². The van der Waals surface area contributed by atoms with Crippen LogP contribution in [0.4, 0.5) is 11.6 Å². The van der Waals surface area contributed by atoms with E-state index in [1.807, 2.05) is 38.1 Å². The highest BCUT2D eigenvalue weighted by Gasteiger charge is 2.05. The summed E-state index contributed by atoms with van der Waals surface area (Å²) in [7, 11) is 1.62. The zero-order chi connectivity index (χ0) is 18.9. The number of anilines is 2. The van der Waals surface area contributed by atoms with E-state index in [1.54, 1.807) is 25.6 Å². The van der Waals surface area contributed by atoms with Crippen LogP contribution in [0.25, 0.3) is 11.1 Å². The molecule has 1 aromatic carbocycles. The molecular formula is C19H20N4O3. The summed E-state index contributed by atoms with van der Waals surface area (Å²) in [6.45, 7) is 4.00. The third-order valence-corrected chi connectivity index (χ3v) is 3.31. The number of hydrogen-bond acceptors (Lipinski definition) is 6. The summed E-state index contributed by atoms with van der Waals surface area (Å²) in [5, 5.41) is 11.8. The van der Waals surface area contributed by atoms with Gasteiger partial charge in [0.1, 0.15) is 11.4 Å². The summed E-state index contributed by atoms with van der Waals surface area (Å²) in [5.74, 6) is 0.119. The van der Waals surface area contributed by atoms with Gasteiger partial charge in [-0.05, 0) is 29.8 Å². The van der Waals surface area contributed by atoms with Crippen LogP contribution in [-0.2, 0) is 0 Å². The highest BCUT2D eigenvalue weighted by atomic mass is 16.5. The van der Waals surface area contributed by atoms with Crippen LogP contribution in [0.1, 0.15) is 24.3 Å². The molecule has 0 aliphatic heterocycles. The molecule has 0 bridgehead atoms. The predicted molar refractivity (Wildman–Crippen MR) is 99.8 cm³/mol. The molecule has 0 atom stereocenters. The second-order valence-electron chi connectivity index (χ2n) is 4.89. The van der Waals surface area contributed by atoms with E-state index < -0.39 is 5.97 Å². The third-order valence-electron chi connectivity index (χ3n) is 3.31. The van der Waals surface area contributed by atoms with E-state index in [0.717, 1.165) is 16.9 Å². The van der Waals surface area contributed by atoms with Crippen LogP contribution in [0.15, 0.2) is 55.0 Å². The maximum atomic E-state index is 10.8. The van der Waals surface area contributed by atoms with Crippen LogP contribution in [0, 0.1) is 0 Å². The summed E-state index contributed by atoms with van der Waals surface area (Å²) in [6, 6.07) is 10.6. The normalized spacial score (nSPS) is 9.65. The Kier molecular flexibility index (Phi) is 6.61. The quantitative estimate of drug-likeness (QED) is 0.716. The van der Waals surface area contributed by atoms with Gasteiger partial charge in [-0.15, -0.1) is 0 Å². The highest BCUT2D eigenvalue weighted by molar-refractivity contribution is 5.85. The smallest absolute Gasteiger partial charge is 0.354 e. The first-order chi connectivity index (χ1) is 12.7. The molecule has 0 saturated heterocycles. The lowest BCUT2D eigenvalue weighted by Gasteiger charge is -2.06. The van der Waals surface area contributed by atoms with Gasteiger partial charge in [0.05, 0.1) is 19.0 Å². The van der Waals surface area contributed by atoms with E-state index in [-0.39, 0.29) is 5.69 Å². The Hall–Kier alpha value is -3.48. The van der Waals surface area contributed by atoms with Gasteiger partial charge in [0.2, 0.25) is 5.95 Å². The van der Waals surface area contributed by atoms with Gasteiger partial charge in [-0.2, -0.15) is 0 Å². The number of benzene rings is 1. The fourth-order valence-electron chi connectivity index (χ4n) is 2.05. The number of carboxylic acid groups (broad SMARTS) is 1. The molecule has 0 aliphatic rings. The number of aromatic nitrogens is 3. The molecule has 0 amide bonds. The molecule has 0 radical (unpaired) electrons. The van der Waals surface area contributed by atoms with Crippen LogP contribution in [0.3, 0.4) is 0 Å². The van der Waals surface area contributed by atoms with Crippen molar-refractivity contribution >= 4 is 17.6 Å². The molecule has 7 nitrogen and oxygen atoms in total. The van der Waals surface area contributed by atoms with E-state index in [0.29, 0.717) is 11.6 Å². The Bertz CT molecular complexity index is 832. The lowest BCUT2D eigenvalue weighted by atomic mass is 10.1. The van der Waals surface area contributed by atoms with Gasteiger partial charge >= 0.3 is 5.97 Å². The van der Waals surface area contributed by atoms with E-state index in [4.69, 9.17) is 9.84 Å². The van der Waals surface area contributed by atoms with Crippen molar-refractivity contribution in [2.24, 2.45) is 0 Å².